The summed E-state index contributed by atoms with van der Waals surface area (Å²) in [5.74, 6) is 0.666. The number of ether oxygens (including phenoxy) is 1. The van der Waals surface area contributed by atoms with Crippen LogP contribution in [0.25, 0.3) is 0 Å². The van der Waals surface area contributed by atoms with Crippen LogP contribution in [0.1, 0.15) is 31.9 Å². The van der Waals surface area contributed by atoms with Gasteiger partial charge in [0.2, 0.25) is 0 Å². The molecule has 1 unspecified atom stereocenters. The molecule has 1 atom stereocenters. The van der Waals surface area contributed by atoms with Crippen LogP contribution in [0.15, 0.2) is 42.7 Å². The smallest absolute Gasteiger partial charge is 0.138 e. The van der Waals surface area contributed by atoms with Crippen LogP contribution in [0.3, 0.4) is 0 Å². The average Bonchev–Trinajstić information content (AvgIpc) is 2.41. The molecule has 0 fully saturated rings. The number of hydrogen-bond acceptors (Lipinski definition) is 3. The van der Waals surface area contributed by atoms with Gasteiger partial charge >= 0.3 is 0 Å². The first kappa shape index (κ1) is 15.8. The standard InChI is InChI=1S/C17H20ClNO2/c1-12(2)21-16-8-14(10-19-11-16)17(3,20)9-13-4-6-15(18)7-5-13/h4-8,10-12,20H,9H2,1-3H3. The molecule has 0 bridgehead atoms. The Hall–Kier alpha value is -1.58. The summed E-state index contributed by atoms with van der Waals surface area (Å²) in [6.07, 6.45) is 3.88. The summed E-state index contributed by atoms with van der Waals surface area (Å²) in [7, 11) is 0. The van der Waals surface area contributed by atoms with Gasteiger partial charge < -0.3 is 9.84 Å². The van der Waals surface area contributed by atoms with Crippen molar-refractivity contribution in [2.45, 2.75) is 38.9 Å². The maximum Gasteiger partial charge on any atom is 0.138 e. The predicted molar refractivity (Wildman–Crippen MR) is 84.7 cm³/mol. The van der Waals surface area contributed by atoms with Crippen molar-refractivity contribution < 1.29 is 9.84 Å². The van der Waals surface area contributed by atoms with E-state index in [1.54, 1.807) is 19.3 Å². The second-order valence-corrected chi connectivity index (χ2v) is 6.09. The van der Waals surface area contributed by atoms with Crippen LogP contribution in [0, 0.1) is 0 Å². The molecule has 0 radical (unpaired) electrons. The van der Waals surface area contributed by atoms with Crippen LogP contribution >= 0.6 is 11.6 Å². The summed E-state index contributed by atoms with van der Waals surface area (Å²) in [4.78, 5) is 4.15. The van der Waals surface area contributed by atoms with E-state index in [4.69, 9.17) is 16.3 Å². The number of halogens is 1. The van der Waals surface area contributed by atoms with Gasteiger partial charge in [0.15, 0.2) is 0 Å². The van der Waals surface area contributed by atoms with Gasteiger partial charge in [-0.2, -0.15) is 0 Å². The molecule has 0 spiro atoms. The van der Waals surface area contributed by atoms with Gasteiger partial charge in [-0.3, -0.25) is 4.98 Å². The molecule has 0 amide bonds. The second-order valence-electron chi connectivity index (χ2n) is 5.65. The normalized spacial score (nSPS) is 14.0. The van der Waals surface area contributed by atoms with E-state index < -0.39 is 5.60 Å². The van der Waals surface area contributed by atoms with Crippen molar-refractivity contribution in [3.63, 3.8) is 0 Å². The Labute approximate surface area is 130 Å². The highest BCUT2D eigenvalue weighted by Gasteiger charge is 2.24. The Balaban J connectivity index is 2.20. The van der Waals surface area contributed by atoms with Gasteiger partial charge in [-0.25, -0.2) is 0 Å². The lowest BCUT2D eigenvalue weighted by atomic mass is 9.90. The molecule has 4 heteroatoms. The van der Waals surface area contributed by atoms with E-state index in [1.807, 2.05) is 44.2 Å². The number of nitrogens with zero attached hydrogens (tertiary/aromatic N) is 1. The SMILES string of the molecule is CC(C)Oc1cncc(C(C)(O)Cc2ccc(Cl)cc2)c1. The summed E-state index contributed by atoms with van der Waals surface area (Å²) < 4.78 is 5.62. The molecular weight excluding hydrogens is 286 g/mol. The minimum Gasteiger partial charge on any atom is -0.489 e. The fourth-order valence-electron chi connectivity index (χ4n) is 2.15. The zero-order valence-corrected chi connectivity index (χ0v) is 13.3. The lowest BCUT2D eigenvalue weighted by Gasteiger charge is -2.24. The molecule has 1 N–H and O–H groups in total. The lowest BCUT2D eigenvalue weighted by molar-refractivity contribution is 0.0568. The fourth-order valence-corrected chi connectivity index (χ4v) is 2.28. The molecule has 0 aliphatic heterocycles. The van der Waals surface area contributed by atoms with Gasteiger partial charge in [-0.15, -0.1) is 0 Å². The summed E-state index contributed by atoms with van der Waals surface area (Å²) in [6, 6.07) is 9.31. The average molecular weight is 306 g/mol. The number of aliphatic hydroxyl groups is 1. The number of benzene rings is 1. The second kappa shape index (κ2) is 6.46. The Morgan fingerprint density at radius 2 is 1.90 bits per heavy atom. The van der Waals surface area contributed by atoms with Gasteiger partial charge in [-0.1, -0.05) is 23.7 Å². The van der Waals surface area contributed by atoms with Crippen molar-refractivity contribution in [2.24, 2.45) is 0 Å². The molecule has 0 saturated carbocycles. The quantitative estimate of drug-likeness (QED) is 0.909. The zero-order valence-electron chi connectivity index (χ0n) is 12.5. The third-order valence-corrected chi connectivity index (χ3v) is 3.42. The van der Waals surface area contributed by atoms with Crippen LogP contribution in [0.5, 0.6) is 5.75 Å². The van der Waals surface area contributed by atoms with Crippen LogP contribution in [-0.2, 0) is 12.0 Å². The van der Waals surface area contributed by atoms with Crippen molar-refractivity contribution >= 4 is 11.6 Å². The van der Waals surface area contributed by atoms with E-state index in [0.717, 1.165) is 11.1 Å². The molecule has 1 aromatic heterocycles. The summed E-state index contributed by atoms with van der Waals surface area (Å²) in [6.45, 7) is 5.69. The fraction of sp³-hybridized carbons (Fsp3) is 0.353. The van der Waals surface area contributed by atoms with Crippen LogP contribution < -0.4 is 4.74 Å². The van der Waals surface area contributed by atoms with E-state index in [0.29, 0.717) is 17.2 Å². The van der Waals surface area contributed by atoms with Gasteiger partial charge in [0.05, 0.1) is 17.9 Å². The zero-order chi connectivity index (χ0) is 15.5. The van der Waals surface area contributed by atoms with Gasteiger partial charge in [0.1, 0.15) is 5.75 Å². The first-order valence-corrected chi connectivity index (χ1v) is 7.33. The summed E-state index contributed by atoms with van der Waals surface area (Å²) in [5, 5.41) is 11.4. The molecule has 0 saturated heterocycles. The first-order valence-electron chi connectivity index (χ1n) is 6.96. The molecular formula is C17H20ClNO2. The Kier molecular flexibility index (Phi) is 4.86. The highest BCUT2D eigenvalue weighted by molar-refractivity contribution is 6.30. The highest BCUT2D eigenvalue weighted by atomic mass is 35.5. The van der Waals surface area contributed by atoms with Gasteiger partial charge in [-0.05, 0) is 44.5 Å². The molecule has 2 aromatic rings. The number of pyridine rings is 1. The van der Waals surface area contributed by atoms with Crippen molar-refractivity contribution in [3.05, 3.63) is 58.9 Å². The summed E-state index contributed by atoms with van der Waals surface area (Å²) in [5.41, 5.74) is 0.729. The maximum atomic E-state index is 10.7. The van der Waals surface area contributed by atoms with Crippen LogP contribution in [0.2, 0.25) is 5.02 Å². The molecule has 1 heterocycles. The molecule has 1 aromatic carbocycles. The highest BCUT2D eigenvalue weighted by Crippen LogP contribution is 2.28. The van der Waals surface area contributed by atoms with Crippen molar-refractivity contribution in [1.82, 2.24) is 4.98 Å². The van der Waals surface area contributed by atoms with Crippen molar-refractivity contribution in [2.75, 3.05) is 0 Å². The molecule has 0 aliphatic carbocycles. The third-order valence-electron chi connectivity index (χ3n) is 3.17. The monoisotopic (exact) mass is 305 g/mol. The van der Waals surface area contributed by atoms with Gasteiger partial charge in [0.25, 0.3) is 0 Å². The minimum atomic E-state index is -1.02. The Bertz CT molecular complexity index is 594. The molecule has 3 nitrogen and oxygen atoms in total. The van der Waals surface area contributed by atoms with E-state index >= 15 is 0 Å². The van der Waals surface area contributed by atoms with Crippen LogP contribution in [0.4, 0.5) is 0 Å². The maximum absolute atomic E-state index is 10.7. The summed E-state index contributed by atoms with van der Waals surface area (Å²) >= 11 is 5.88. The van der Waals surface area contributed by atoms with E-state index in [1.165, 1.54) is 0 Å². The van der Waals surface area contributed by atoms with Gasteiger partial charge in [0, 0.05) is 23.2 Å². The first-order chi connectivity index (χ1) is 9.87. The largest absolute Gasteiger partial charge is 0.489 e. The number of hydrogen-bond donors (Lipinski definition) is 1. The minimum absolute atomic E-state index is 0.0725. The molecule has 21 heavy (non-hydrogen) atoms. The van der Waals surface area contributed by atoms with Crippen molar-refractivity contribution in [1.29, 1.82) is 0 Å². The topological polar surface area (TPSA) is 42.4 Å². The van der Waals surface area contributed by atoms with Crippen LogP contribution in [-0.4, -0.2) is 16.2 Å². The van der Waals surface area contributed by atoms with Crippen molar-refractivity contribution in [3.8, 4) is 5.75 Å². The van der Waals surface area contributed by atoms with E-state index in [9.17, 15) is 5.11 Å². The molecule has 2 rings (SSSR count). The number of aromatic nitrogens is 1. The van der Waals surface area contributed by atoms with E-state index in [-0.39, 0.29) is 6.10 Å². The lowest BCUT2D eigenvalue weighted by Crippen LogP contribution is -2.24. The predicted octanol–water partition coefficient (Wildman–Crippen LogP) is 3.97. The molecule has 112 valence electrons. The Morgan fingerprint density at radius 3 is 2.52 bits per heavy atom. The van der Waals surface area contributed by atoms with E-state index in [2.05, 4.69) is 4.98 Å². The Morgan fingerprint density at radius 1 is 1.24 bits per heavy atom. The molecule has 0 aliphatic rings. The number of rotatable bonds is 5. The third kappa shape index (κ3) is 4.45.